The van der Waals surface area contributed by atoms with E-state index in [4.69, 9.17) is 5.11 Å². The van der Waals surface area contributed by atoms with Crippen molar-refractivity contribution in [3.63, 3.8) is 0 Å². The summed E-state index contributed by atoms with van der Waals surface area (Å²) < 4.78 is 0. The molecule has 1 aromatic carbocycles. The first-order valence-corrected chi connectivity index (χ1v) is 9.79. The highest BCUT2D eigenvalue weighted by Gasteiger charge is 2.18. The number of rotatable bonds is 7. The van der Waals surface area contributed by atoms with Gasteiger partial charge in [-0.15, -0.1) is 0 Å². The van der Waals surface area contributed by atoms with Crippen molar-refractivity contribution < 1.29 is 29.4 Å². The normalized spacial score (nSPS) is 17.6. The number of hydrogen-bond acceptors (Lipinski definition) is 7. The van der Waals surface area contributed by atoms with E-state index in [1.54, 1.807) is 26.8 Å². The van der Waals surface area contributed by atoms with Gasteiger partial charge in [-0.1, -0.05) is 0 Å². The summed E-state index contributed by atoms with van der Waals surface area (Å²) >= 11 is 0. The first-order chi connectivity index (χ1) is 14.4. The van der Waals surface area contributed by atoms with Gasteiger partial charge in [0.05, 0.1) is 13.1 Å². The van der Waals surface area contributed by atoms with Crippen molar-refractivity contribution >= 4 is 30.3 Å². The van der Waals surface area contributed by atoms with Crippen LogP contribution in [0.4, 0.5) is 5.69 Å². The van der Waals surface area contributed by atoms with Gasteiger partial charge in [0.1, 0.15) is 6.29 Å². The molecule has 2 N–H and O–H groups in total. The molecule has 1 aromatic rings. The fourth-order valence-corrected chi connectivity index (χ4v) is 3.34. The van der Waals surface area contributed by atoms with E-state index in [1.807, 2.05) is 12.1 Å². The van der Waals surface area contributed by atoms with Crippen LogP contribution in [0.3, 0.4) is 0 Å². The summed E-state index contributed by atoms with van der Waals surface area (Å²) in [5.74, 6) is -1.91. The second-order valence-corrected chi connectivity index (χ2v) is 7.18. The molecule has 0 spiro atoms. The lowest BCUT2D eigenvalue weighted by Gasteiger charge is -2.33. The molecule has 0 atom stereocenters. The lowest BCUT2D eigenvalue weighted by atomic mass is 10.2. The lowest BCUT2D eigenvalue weighted by molar-refractivity contribution is -0.140. The number of carbonyl (C=O) groups is 4. The third kappa shape index (κ3) is 7.80. The monoisotopic (exact) mass is 420 g/mol. The van der Waals surface area contributed by atoms with Crippen LogP contribution < -0.4 is 4.90 Å². The third-order valence-corrected chi connectivity index (χ3v) is 5.04. The molecule has 1 amide bonds. The van der Waals surface area contributed by atoms with Gasteiger partial charge in [0.2, 0.25) is 6.41 Å². The number of nitrogens with zero attached hydrogens (tertiary/aromatic N) is 4. The molecule has 1 fully saturated rings. The first-order valence-electron chi connectivity index (χ1n) is 9.79. The molecule has 10 heteroatoms. The number of benzene rings is 1. The molecule has 1 aliphatic heterocycles. The zero-order valence-electron chi connectivity index (χ0n) is 16.9. The molecule has 0 unspecified atom stereocenters. The van der Waals surface area contributed by atoms with Crippen LogP contribution in [0.15, 0.2) is 24.3 Å². The molecular formula is C20H28N4O6. The number of hydrogen-bond donors (Lipinski definition) is 2. The van der Waals surface area contributed by atoms with Gasteiger partial charge in [-0.25, -0.2) is 0 Å². The predicted octanol–water partition coefficient (Wildman–Crippen LogP) is -0.449. The van der Waals surface area contributed by atoms with Gasteiger partial charge in [-0.2, -0.15) is 0 Å². The van der Waals surface area contributed by atoms with Gasteiger partial charge in [0.25, 0.3) is 0 Å². The number of carbonyl (C=O) groups excluding carboxylic acids is 2. The van der Waals surface area contributed by atoms with Crippen molar-refractivity contribution in [3.05, 3.63) is 29.8 Å². The van der Waals surface area contributed by atoms with E-state index in [0.29, 0.717) is 57.9 Å². The number of aldehydes is 1. The molecule has 164 valence electrons. The summed E-state index contributed by atoms with van der Waals surface area (Å²) in [5.41, 5.74) is 1.44. The number of amides is 1. The number of anilines is 1. The highest BCUT2D eigenvalue weighted by Crippen LogP contribution is 2.15. The first kappa shape index (κ1) is 23.3. The van der Waals surface area contributed by atoms with E-state index in [0.717, 1.165) is 18.4 Å². The summed E-state index contributed by atoms with van der Waals surface area (Å²) in [6.07, 6.45) is 1.53. The topological polar surface area (TPSA) is 122 Å². The van der Waals surface area contributed by atoms with Gasteiger partial charge in [-0.3, -0.25) is 29.0 Å². The van der Waals surface area contributed by atoms with Crippen molar-refractivity contribution in [1.29, 1.82) is 0 Å². The van der Waals surface area contributed by atoms with Gasteiger partial charge in [0.15, 0.2) is 0 Å². The highest BCUT2D eigenvalue weighted by atomic mass is 16.4. The predicted molar refractivity (Wildman–Crippen MR) is 110 cm³/mol. The Morgan fingerprint density at radius 3 is 1.73 bits per heavy atom. The second kappa shape index (κ2) is 11.9. The summed E-state index contributed by atoms with van der Waals surface area (Å²) in [7, 11) is 0. The quantitative estimate of drug-likeness (QED) is 0.565. The average molecular weight is 420 g/mol. The van der Waals surface area contributed by atoms with Gasteiger partial charge < -0.3 is 20.0 Å². The minimum absolute atomic E-state index is 0.140. The van der Waals surface area contributed by atoms with Gasteiger partial charge in [-0.05, 0) is 24.3 Å². The largest absolute Gasteiger partial charge is 0.480 e. The molecule has 10 nitrogen and oxygen atoms in total. The molecule has 30 heavy (non-hydrogen) atoms. The van der Waals surface area contributed by atoms with Crippen LogP contribution in [0, 0.1) is 0 Å². The standard InChI is InChI=1S/C20H28N4O6/c25-15-17-1-3-18(4-2-17)24-11-9-22(14-20(29)30)6-5-21(13-19(27)28)7-8-23(16-26)10-12-24/h1-4,15-16H,5-14H2,(H,27,28)(H,29,30). The maximum atomic E-state index is 11.5. The maximum absolute atomic E-state index is 11.5. The van der Waals surface area contributed by atoms with Crippen LogP contribution in [0.25, 0.3) is 0 Å². The summed E-state index contributed by atoms with van der Waals surface area (Å²) in [4.78, 5) is 51.9. The highest BCUT2D eigenvalue weighted by molar-refractivity contribution is 5.75. The minimum atomic E-state index is -0.963. The number of aliphatic carboxylic acids is 2. The van der Waals surface area contributed by atoms with E-state index in [2.05, 4.69) is 4.90 Å². The van der Waals surface area contributed by atoms with E-state index < -0.39 is 11.9 Å². The zero-order valence-corrected chi connectivity index (χ0v) is 16.9. The van der Waals surface area contributed by atoms with Gasteiger partial charge in [0, 0.05) is 63.6 Å². The molecule has 0 aromatic heterocycles. The maximum Gasteiger partial charge on any atom is 0.317 e. The molecule has 0 bridgehead atoms. The Labute approximate surface area is 175 Å². The van der Waals surface area contributed by atoms with E-state index in [9.17, 15) is 24.3 Å². The van der Waals surface area contributed by atoms with Crippen LogP contribution in [-0.2, 0) is 14.4 Å². The average Bonchev–Trinajstić information content (AvgIpc) is 2.71. The third-order valence-electron chi connectivity index (χ3n) is 5.04. The fraction of sp³-hybridized carbons (Fsp3) is 0.500. The Bertz CT molecular complexity index is 727. The van der Waals surface area contributed by atoms with Crippen LogP contribution in [0.2, 0.25) is 0 Å². The van der Waals surface area contributed by atoms with Crippen molar-refractivity contribution in [2.75, 3.05) is 70.3 Å². The Morgan fingerprint density at radius 1 is 0.767 bits per heavy atom. The summed E-state index contributed by atoms with van der Waals surface area (Å²) in [6.45, 7) is 3.22. The SMILES string of the molecule is O=Cc1ccc(N2CCN(C=O)CCN(CC(=O)O)CCN(CC(=O)O)CC2)cc1. The summed E-state index contributed by atoms with van der Waals surface area (Å²) in [5, 5.41) is 18.4. The fourth-order valence-electron chi connectivity index (χ4n) is 3.34. The van der Waals surface area contributed by atoms with E-state index in [1.165, 1.54) is 0 Å². The second-order valence-electron chi connectivity index (χ2n) is 7.18. The van der Waals surface area contributed by atoms with Crippen molar-refractivity contribution in [2.24, 2.45) is 0 Å². The molecule has 2 rings (SSSR count). The zero-order chi connectivity index (χ0) is 21.9. The van der Waals surface area contributed by atoms with Gasteiger partial charge >= 0.3 is 11.9 Å². The number of carboxylic acid groups (broad SMARTS) is 2. The Morgan fingerprint density at radius 2 is 1.23 bits per heavy atom. The number of carboxylic acids is 2. The molecule has 0 aliphatic carbocycles. The van der Waals surface area contributed by atoms with Crippen LogP contribution in [-0.4, -0.2) is 115 Å². The van der Waals surface area contributed by atoms with Crippen LogP contribution >= 0.6 is 0 Å². The van der Waals surface area contributed by atoms with Crippen molar-refractivity contribution in [1.82, 2.24) is 14.7 Å². The van der Waals surface area contributed by atoms with E-state index >= 15 is 0 Å². The molecule has 1 heterocycles. The Kier molecular flexibility index (Phi) is 9.23. The van der Waals surface area contributed by atoms with Crippen LogP contribution in [0.5, 0.6) is 0 Å². The lowest BCUT2D eigenvalue weighted by Crippen LogP contribution is -2.47. The smallest absolute Gasteiger partial charge is 0.317 e. The molecule has 1 aliphatic rings. The minimum Gasteiger partial charge on any atom is -0.480 e. The Balaban J connectivity index is 2.18. The molecule has 1 saturated heterocycles. The van der Waals surface area contributed by atoms with E-state index in [-0.39, 0.29) is 13.1 Å². The van der Waals surface area contributed by atoms with Crippen molar-refractivity contribution in [3.8, 4) is 0 Å². The summed E-state index contributed by atoms with van der Waals surface area (Å²) in [6, 6.07) is 7.09. The Hall–Kier alpha value is -2.98. The van der Waals surface area contributed by atoms with Crippen molar-refractivity contribution in [2.45, 2.75) is 0 Å². The molecular weight excluding hydrogens is 392 g/mol. The van der Waals surface area contributed by atoms with Crippen LogP contribution in [0.1, 0.15) is 10.4 Å². The molecule has 0 saturated carbocycles. The molecule has 0 radical (unpaired) electrons.